The summed E-state index contributed by atoms with van der Waals surface area (Å²) in [7, 11) is 0. The van der Waals surface area contributed by atoms with Gasteiger partial charge in [0.25, 0.3) is 0 Å². The molecule has 1 N–H and O–H groups in total. The van der Waals surface area contributed by atoms with E-state index in [1.807, 2.05) is 0 Å². The quantitative estimate of drug-likeness (QED) is 0.471. The van der Waals surface area contributed by atoms with Crippen molar-refractivity contribution in [1.82, 2.24) is 4.98 Å². The Bertz CT molecular complexity index is 1400. The summed E-state index contributed by atoms with van der Waals surface area (Å²) in [6.07, 6.45) is 13.7. The first-order chi connectivity index (χ1) is 16.9. The molecular formula is C31H36N4. The van der Waals surface area contributed by atoms with Gasteiger partial charge >= 0.3 is 0 Å². The van der Waals surface area contributed by atoms with Crippen molar-refractivity contribution in [3.8, 4) is 0 Å². The lowest BCUT2D eigenvalue weighted by Gasteiger charge is -2.04. The topological polar surface area (TPSA) is 52.9 Å². The van der Waals surface area contributed by atoms with E-state index in [9.17, 15) is 0 Å². The molecule has 0 amide bonds. The van der Waals surface area contributed by atoms with Crippen LogP contribution in [0.5, 0.6) is 0 Å². The molecule has 5 rings (SSSR count). The van der Waals surface area contributed by atoms with E-state index in [4.69, 9.17) is 15.0 Å². The van der Waals surface area contributed by atoms with Crippen LogP contribution in [-0.2, 0) is 12.8 Å². The molecule has 0 aromatic carbocycles. The molecule has 0 saturated carbocycles. The third-order valence-electron chi connectivity index (χ3n) is 7.80. The second kappa shape index (κ2) is 9.07. The van der Waals surface area contributed by atoms with Crippen LogP contribution >= 0.6 is 0 Å². The second-order valence-corrected chi connectivity index (χ2v) is 9.76. The van der Waals surface area contributed by atoms with Crippen LogP contribution < -0.4 is 0 Å². The number of rotatable bonds is 4. The Balaban J connectivity index is 1.80. The molecule has 0 radical (unpaired) electrons. The molecule has 4 heteroatoms. The summed E-state index contributed by atoms with van der Waals surface area (Å²) < 4.78 is 0. The summed E-state index contributed by atoms with van der Waals surface area (Å²) in [6.45, 7) is 15.5. The van der Waals surface area contributed by atoms with Crippen LogP contribution in [0, 0.1) is 0 Å². The molecule has 4 aliphatic heterocycles. The van der Waals surface area contributed by atoms with Crippen LogP contribution in [0.2, 0.25) is 0 Å². The maximum absolute atomic E-state index is 5.13. The smallest absolute Gasteiger partial charge is 0.0693 e. The first-order valence-electron chi connectivity index (χ1n) is 13.1. The molecule has 0 saturated heterocycles. The van der Waals surface area contributed by atoms with Crippen molar-refractivity contribution in [1.29, 1.82) is 0 Å². The summed E-state index contributed by atoms with van der Waals surface area (Å²) in [5.74, 6) is 0. The Morgan fingerprint density at radius 3 is 1.66 bits per heavy atom. The molecule has 1 aromatic heterocycles. The van der Waals surface area contributed by atoms with Crippen molar-refractivity contribution in [2.75, 3.05) is 0 Å². The molecule has 35 heavy (non-hydrogen) atoms. The highest BCUT2D eigenvalue weighted by Gasteiger charge is 2.25. The summed E-state index contributed by atoms with van der Waals surface area (Å²) >= 11 is 0. The normalized spacial score (nSPS) is 19.5. The van der Waals surface area contributed by atoms with E-state index in [-0.39, 0.29) is 0 Å². The fraction of sp³-hybridized carbons (Fsp3) is 0.387. The van der Waals surface area contributed by atoms with Crippen LogP contribution in [0.4, 0.5) is 0 Å². The van der Waals surface area contributed by atoms with E-state index in [0.29, 0.717) is 0 Å². The van der Waals surface area contributed by atoms with E-state index in [1.165, 1.54) is 50.4 Å². The third-order valence-corrected chi connectivity index (χ3v) is 7.80. The molecule has 4 aliphatic rings. The minimum atomic E-state index is 0.823. The number of aliphatic imine (C=N–C) groups is 3. The Labute approximate surface area is 209 Å². The summed E-state index contributed by atoms with van der Waals surface area (Å²) in [5.41, 5.74) is 18.0. The zero-order valence-corrected chi connectivity index (χ0v) is 22.2. The number of allylic oxidation sites excluding steroid dienone is 7. The molecule has 0 atom stereocenters. The molecule has 180 valence electrons. The van der Waals surface area contributed by atoms with E-state index in [2.05, 4.69) is 77.8 Å². The van der Waals surface area contributed by atoms with Gasteiger partial charge in [-0.1, -0.05) is 27.7 Å². The third kappa shape index (κ3) is 3.89. The van der Waals surface area contributed by atoms with Crippen LogP contribution in [0.15, 0.2) is 72.1 Å². The van der Waals surface area contributed by atoms with Gasteiger partial charge in [0.15, 0.2) is 0 Å². The zero-order valence-electron chi connectivity index (χ0n) is 22.2. The van der Waals surface area contributed by atoms with E-state index in [0.717, 1.165) is 66.3 Å². The van der Waals surface area contributed by atoms with E-state index < -0.39 is 0 Å². The van der Waals surface area contributed by atoms with Gasteiger partial charge in [0.1, 0.15) is 0 Å². The highest BCUT2D eigenvalue weighted by Crippen LogP contribution is 2.36. The number of nitrogens with one attached hydrogen (secondary N) is 1. The van der Waals surface area contributed by atoms with Crippen LogP contribution in [0.1, 0.15) is 90.2 Å². The van der Waals surface area contributed by atoms with Gasteiger partial charge in [0.2, 0.25) is 0 Å². The summed E-state index contributed by atoms with van der Waals surface area (Å²) in [4.78, 5) is 18.9. The summed E-state index contributed by atoms with van der Waals surface area (Å²) in [5, 5.41) is 0. The number of hydrogen-bond donors (Lipinski definition) is 1. The highest BCUT2D eigenvalue weighted by molar-refractivity contribution is 6.18. The van der Waals surface area contributed by atoms with Crippen molar-refractivity contribution in [2.24, 2.45) is 15.0 Å². The van der Waals surface area contributed by atoms with Crippen LogP contribution in [-0.4, -0.2) is 22.1 Å². The first kappa shape index (κ1) is 23.5. The molecule has 4 nitrogen and oxygen atoms in total. The SMILES string of the molecule is CCC1=C(C)C2=NC1=Cc1[nH]c(c(CC)c1CC)C=C1N=C(C=C3CC(=C2)N=C3C)C(C)=C1CC. The molecule has 1 aromatic rings. The number of hydrogen-bond acceptors (Lipinski definition) is 3. The zero-order chi connectivity index (χ0) is 24.9. The van der Waals surface area contributed by atoms with Gasteiger partial charge in [-0.25, -0.2) is 9.98 Å². The fourth-order valence-electron chi connectivity index (χ4n) is 5.83. The van der Waals surface area contributed by atoms with Crippen molar-refractivity contribution < 1.29 is 0 Å². The number of aromatic nitrogens is 1. The van der Waals surface area contributed by atoms with Gasteiger partial charge in [-0.15, -0.1) is 0 Å². The van der Waals surface area contributed by atoms with Gasteiger partial charge < -0.3 is 4.98 Å². The lowest BCUT2D eigenvalue weighted by molar-refractivity contribution is 1.05. The lowest BCUT2D eigenvalue weighted by atomic mass is 9.99. The number of H-pyrrole nitrogens is 1. The van der Waals surface area contributed by atoms with Crippen LogP contribution in [0.25, 0.3) is 12.2 Å². The van der Waals surface area contributed by atoms with Crippen LogP contribution in [0.3, 0.4) is 0 Å². The Kier molecular flexibility index (Phi) is 6.08. The molecular weight excluding hydrogens is 428 g/mol. The standard InChI is InChI=1S/C31H36N4/c1-8-22-17(5)26-13-20-12-21(32-19(20)7)14-27-18(6)23(9-2)29(34-27)16-31-25(11-4)24(10-3)30(35-31)15-28(22)33-26/h13-16,35H,8-12H2,1-7H3. The number of fused-ring (bicyclic) bond motifs is 6. The molecule has 0 aliphatic carbocycles. The average molecular weight is 465 g/mol. The van der Waals surface area contributed by atoms with Gasteiger partial charge in [-0.2, -0.15) is 0 Å². The first-order valence-corrected chi connectivity index (χ1v) is 13.1. The molecule has 0 fully saturated rings. The van der Waals surface area contributed by atoms with Gasteiger partial charge in [-0.3, -0.25) is 4.99 Å². The predicted octanol–water partition coefficient (Wildman–Crippen LogP) is 7.87. The predicted molar refractivity (Wildman–Crippen MR) is 150 cm³/mol. The molecule has 0 unspecified atom stereocenters. The minimum Gasteiger partial charge on any atom is -0.355 e. The lowest BCUT2D eigenvalue weighted by Crippen LogP contribution is -1.99. The highest BCUT2D eigenvalue weighted by atomic mass is 14.8. The van der Waals surface area contributed by atoms with Crippen molar-refractivity contribution in [2.45, 2.75) is 80.6 Å². The minimum absolute atomic E-state index is 0.823. The maximum atomic E-state index is 5.13. The van der Waals surface area contributed by atoms with E-state index in [1.54, 1.807) is 0 Å². The second-order valence-electron chi connectivity index (χ2n) is 9.76. The van der Waals surface area contributed by atoms with Gasteiger partial charge in [0, 0.05) is 29.2 Å². The Morgan fingerprint density at radius 2 is 1.17 bits per heavy atom. The van der Waals surface area contributed by atoms with Crippen molar-refractivity contribution in [3.05, 3.63) is 79.6 Å². The molecule has 0 spiro atoms. The maximum Gasteiger partial charge on any atom is 0.0693 e. The largest absolute Gasteiger partial charge is 0.355 e. The van der Waals surface area contributed by atoms with Gasteiger partial charge in [0.05, 0.1) is 22.8 Å². The number of aromatic amines is 1. The molecule has 8 bridgehead atoms. The van der Waals surface area contributed by atoms with Gasteiger partial charge in [-0.05, 0) is 110 Å². The average Bonchev–Trinajstić information content (AvgIpc) is 3.52. The number of nitrogens with zero attached hydrogens (tertiary/aromatic N) is 3. The Hall–Kier alpha value is -3.27. The fourth-order valence-corrected chi connectivity index (χ4v) is 5.83. The van der Waals surface area contributed by atoms with E-state index >= 15 is 0 Å². The Morgan fingerprint density at radius 1 is 0.657 bits per heavy atom. The van der Waals surface area contributed by atoms with Crippen molar-refractivity contribution >= 4 is 29.3 Å². The monoisotopic (exact) mass is 464 g/mol. The van der Waals surface area contributed by atoms with Crippen molar-refractivity contribution in [3.63, 3.8) is 0 Å². The summed E-state index contributed by atoms with van der Waals surface area (Å²) in [6, 6.07) is 0. The molecule has 5 heterocycles.